The molecule has 0 aliphatic rings. The molecule has 0 bridgehead atoms. The summed E-state index contributed by atoms with van der Waals surface area (Å²) in [6.45, 7) is 0. The molecule has 2 aromatic carbocycles. The zero-order chi connectivity index (χ0) is 14.0. The van der Waals surface area contributed by atoms with E-state index in [-0.39, 0.29) is 16.9 Å². The van der Waals surface area contributed by atoms with Crippen molar-refractivity contribution in [1.29, 1.82) is 0 Å². The number of carbonyl (C=O) groups is 1. The van der Waals surface area contributed by atoms with E-state index < -0.39 is 17.6 Å². The smallest absolute Gasteiger partial charge is 0.337 e. The van der Waals surface area contributed by atoms with Gasteiger partial charge < -0.3 is 10.4 Å². The van der Waals surface area contributed by atoms with Gasteiger partial charge in [-0.25, -0.2) is 13.6 Å². The lowest BCUT2D eigenvalue weighted by Gasteiger charge is -2.11. The van der Waals surface area contributed by atoms with Crippen molar-refractivity contribution in [2.45, 2.75) is 0 Å². The summed E-state index contributed by atoms with van der Waals surface area (Å²) in [6.07, 6.45) is 0. The number of aromatic carboxylic acids is 1. The van der Waals surface area contributed by atoms with Crippen molar-refractivity contribution in [1.82, 2.24) is 0 Å². The molecule has 0 unspecified atom stereocenters. The number of anilines is 2. The Morgan fingerprint density at radius 2 is 1.89 bits per heavy atom. The fourth-order valence-electron chi connectivity index (χ4n) is 1.55. The zero-order valence-corrected chi connectivity index (χ0v) is 11.6. The number of halogens is 3. The van der Waals surface area contributed by atoms with Crippen LogP contribution in [0.3, 0.4) is 0 Å². The lowest BCUT2D eigenvalue weighted by atomic mass is 10.1. The summed E-state index contributed by atoms with van der Waals surface area (Å²) < 4.78 is 28.0. The zero-order valence-electron chi connectivity index (χ0n) is 9.45. The molecule has 0 atom stereocenters. The van der Waals surface area contributed by atoms with E-state index in [4.69, 9.17) is 5.11 Å². The lowest BCUT2D eigenvalue weighted by Crippen LogP contribution is -2.05. The van der Waals surface area contributed by atoms with Gasteiger partial charge in [0.1, 0.15) is 11.6 Å². The fraction of sp³-hybridized carbons (Fsp3) is 0. The van der Waals surface area contributed by atoms with Crippen molar-refractivity contribution in [3.8, 4) is 0 Å². The molecule has 2 rings (SSSR count). The Kier molecular flexibility index (Phi) is 3.98. The Bertz CT molecular complexity index is 647. The monoisotopic (exact) mass is 375 g/mol. The summed E-state index contributed by atoms with van der Waals surface area (Å²) in [7, 11) is 0. The maximum absolute atomic E-state index is 13.7. The molecule has 19 heavy (non-hydrogen) atoms. The molecule has 0 saturated heterocycles. The molecule has 0 aliphatic carbocycles. The van der Waals surface area contributed by atoms with Crippen molar-refractivity contribution in [3.63, 3.8) is 0 Å². The molecule has 0 heterocycles. The number of carboxylic acids is 1. The molecule has 0 radical (unpaired) electrons. The van der Waals surface area contributed by atoms with Gasteiger partial charge >= 0.3 is 5.97 Å². The quantitative estimate of drug-likeness (QED) is 0.798. The molecule has 0 spiro atoms. The van der Waals surface area contributed by atoms with Gasteiger partial charge in [-0.15, -0.1) is 0 Å². The van der Waals surface area contributed by atoms with Crippen molar-refractivity contribution >= 4 is 39.9 Å². The minimum absolute atomic E-state index is 0.0213. The normalized spacial score (nSPS) is 10.3. The molecule has 0 aromatic heterocycles. The summed E-state index contributed by atoms with van der Waals surface area (Å²) in [6, 6.07) is 7.97. The number of carboxylic acid groups (broad SMARTS) is 1. The minimum Gasteiger partial charge on any atom is -0.478 e. The van der Waals surface area contributed by atoms with Crippen LogP contribution in [0.25, 0.3) is 0 Å². The van der Waals surface area contributed by atoms with Gasteiger partial charge in [0.15, 0.2) is 0 Å². The molecule has 2 N–H and O–H groups in total. The van der Waals surface area contributed by atoms with E-state index in [1.165, 1.54) is 24.3 Å². The highest BCUT2D eigenvalue weighted by Gasteiger charge is 2.15. The fourth-order valence-corrected chi connectivity index (χ4v) is 2.01. The number of para-hydroxylation sites is 1. The van der Waals surface area contributed by atoms with Gasteiger partial charge in [-0.05, 0) is 52.9 Å². The third kappa shape index (κ3) is 3.01. The Hall–Kier alpha value is -1.70. The predicted octanol–water partition coefficient (Wildman–Crippen LogP) is 4.01. The van der Waals surface area contributed by atoms with Crippen molar-refractivity contribution in [2.24, 2.45) is 0 Å². The highest BCUT2D eigenvalue weighted by molar-refractivity contribution is 14.1. The van der Waals surface area contributed by atoms with Crippen LogP contribution < -0.4 is 5.32 Å². The number of benzene rings is 2. The summed E-state index contributed by atoms with van der Waals surface area (Å²) in [5, 5.41) is 11.5. The molecule has 6 heteroatoms. The summed E-state index contributed by atoms with van der Waals surface area (Å²) in [5.41, 5.74) is -0.485. The van der Waals surface area contributed by atoms with Gasteiger partial charge in [-0.2, -0.15) is 0 Å². The maximum atomic E-state index is 13.7. The SMILES string of the molecule is O=C(O)c1cccc(F)c1Nc1ccc(I)cc1F. The van der Waals surface area contributed by atoms with Crippen molar-refractivity contribution < 1.29 is 18.7 Å². The molecule has 98 valence electrons. The van der Waals surface area contributed by atoms with E-state index in [9.17, 15) is 13.6 Å². The largest absolute Gasteiger partial charge is 0.478 e. The Morgan fingerprint density at radius 1 is 1.16 bits per heavy atom. The van der Waals surface area contributed by atoms with E-state index in [1.807, 2.05) is 22.6 Å². The van der Waals surface area contributed by atoms with Gasteiger partial charge in [0, 0.05) is 3.57 Å². The molecular formula is C13H8F2INO2. The van der Waals surface area contributed by atoms with Gasteiger partial charge in [-0.1, -0.05) is 6.07 Å². The Balaban J connectivity index is 2.46. The van der Waals surface area contributed by atoms with Gasteiger partial charge in [-0.3, -0.25) is 0 Å². The molecular weight excluding hydrogens is 367 g/mol. The van der Waals surface area contributed by atoms with Gasteiger partial charge in [0.2, 0.25) is 0 Å². The van der Waals surface area contributed by atoms with Crippen LogP contribution >= 0.6 is 22.6 Å². The van der Waals surface area contributed by atoms with E-state index in [1.54, 1.807) is 6.07 Å². The highest BCUT2D eigenvalue weighted by Crippen LogP contribution is 2.26. The second-order valence-electron chi connectivity index (χ2n) is 3.72. The van der Waals surface area contributed by atoms with Crippen molar-refractivity contribution in [2.75, 3.05) is 5.32 Å². The first kappa shape index (κ1) is 13.7. The Morgan fingerprint density at radius 3 is 2.53 bits per heavy atom. The van der Waals surface area contributed by atoms with Crippen LogP contribution in [0.4, 0.5) is 20.2 Å². The van der Waals surface area contributed by atoms with Crippen LogP contribution in [0.1, 0.15) is 10.4 Å². The average molecular weight is 375 g/mol. The molecule has 2 aromatic rings. The number of nitrogens with one attached hydrogen (secondary N) is 1. The maximum Gasteiger partial charge on any atom is 0.337 e. The standard InChI is InChI=1S/C13H8F2INO2/c14-9-3-1-2-8(13(18)19)12(9)17-11-5-4-7(16)6-10(11)15/h1-6,17H,(H,18,19). The topological polar surface area (TPSA) is 49.3 Å². The number of rotatable bonds is 3. The van der Waals surface area contributed by atoms with Crippen LogP contribution in [0, 0.1) is 15.2 Å². The van der Waals surface area contributed by atoms with Gasteiger partial charge in [0.05, 0.1) is 16.9 Å². The minimum atomic E-state index is -1.28. The second kappa shape index (κ2) is 5.52. The van der Waals surface area contributed by atoms with Crippen LogP contribution in [-0.2, 0) is 0 Å². The highest BCUT2D eigenvalue weighted by atomic mass is 127. The summed E-state index contributed by atoms with van der Waals surface area (Å²) in [4.78, 5) is 11.0. The van der Waals surface area contributed by atoms with E-state index in [2.05, 4.69) is 5.32 Å². The van der Waals surface area contributed by atoms with Crippen LogP contribution in [0.15, 0.2) is 36.4 Å². The molecule has 0 fully saturated rings. The first-order valence-electron chi connectivity index (χ1n) is 5.23. The third-order valence-electron chi connectivity index (χ3n) is 2.43. The van der Waals surface area contributed by atoms with Crippen LogP contribution in [-0.4, -0.2) is 11.1 Å². The van der Waals surface area contributed by atoms with Crippen molar-refractivity contribution in [3.05, 3.63) is 57.2 Å². The molecule has 3 nitrogen and oxygen atoms in total. The molecule has 0 amide bonds. The Labute approximate surface area is 121 Å². The van der Waals surface area contributed by atoms with Crippen LogP contribution in [0.2, 0.25) is 0 Å². The van der Waals surface area contributed by atoms with E-state index >= 15 is 0 Å². The summed E-state index contributed by atoms with van der Waals surface area (Å²) in [5.74, 6) is -2.61. The second-order valence-corrected chi connectivity index (χ2v) is 4.96. The first-order chi connectivity index (χ1) is 8.99. The molecule has 0 saturated carbocycles. The van der Waals surface area contributed by atoms with E-state index in [0.717, 1.165) is 6.07 Å². The summed E-state index contributed by atoms with van der Waals surface area (Å²) >= 11 is 1.94. The predicted molar refractivity (Wildman–Crippen MR) is 75.8 cm³/mol. The number of hydrogen-bond donors (Lipinski definition) is 2. The molecule has 0 aliphatic heterocycles. The first-order valence-corrected chi connectivity index (χ1v) is 6.31. The van der Waals surface area contributed by atoms with Gasteiger partial charge in [0.25, 0.3) is 0 Å². The lowest BCUT2D eigenvalue weighted by molar-refractivity contribution is 0.0697. The average Bonchev–Trinajstić information content (AvgIpc) is 2.34. The van der Waals surface area contributed by atoms with E-state index in [0.29, 0.717) is 3.57 Å². The third-order valence-corrected chi connectivity index (χ3v) is 3.11. The van der Waals surface area contributed by atoms with Crippen LogP contribution in [0.5, 0.6) is 0 Å². The number of hydrogen-bond acceptors (Lipinski definition) is 2.